The molecule has 0 radical (unpaired) electrons. The lowest BCUT2D eigenvalue weighted by Crippen LogP contribution is -2.07. The molecule has 4 rings (SSSR count). The number of nitrogens with zero attached hydrogens (tertiary/aromatic N) is 3. The van der Waals surface area contributed by atoms with Crippen molar-refractivity contribution >= 4 is 28.4 Å². The van der Waals surface area contributed by atoms with Crippen LogP contribution in [-0.4, -0.2) is 26.7 Å². The maximum Gasteiger partial charge on any atom is 0.195 e. The van der Waals surface area contributed by atoms with Gasteiger partial charge in [0.2, 0.25) is 0 Å². The van der Waals surface area contributed by atoms with Gasteiger partial charge in [-0.25, -0.2) is 0 Å². The fourth-order valence-corrected chi connectivity index (χ4v) is 4.05. The summed E-state index contributed by atoms with van der Waals surface area (Å²) < 4.78 is 2.06. The molecule has 130 valence electrons. The zero-order valence-corrected chi connectivity index (χ0v) is 15.3. The van der Waals surface area contributed by atoms with Crippen LogP contribution in [0.2, 0.25) is 0 Å². The van der Waals surface area contributed by atoms with E-state index in [2.05, 4.69) is 9.55 Å². The van der Waals surface area contributed by atoms with Crippen LogP contribution in [0.5, 0.6) is 5.75 Å². The van der Waals surface area contributed by atoms with E-state index in [4.69, 9.17) is 0 Å². The van der Waals surface area contributed by atoms with Crippen LogP contribution in [0.25, 0.3) is 10.9 Å². The summed E-state index contributed by atoms with van der Waals surface area (Å²) in [4.78, 5) is 18.2. The van der Waals surface area contributed by atoms with Gasteiger partial charge in [-0.2, -0.15) is 5.26 Å². The monoisotopic (exact) mass is 363 g/mol. The smallest absolute Gasteiger partial charge is 0.195 e. The van der Waals surface area contributed by atoms with Gasteiger partial charge in [-0.05, 0) is 37.3 Å². The van der Waals surface area contributed by atoms with Crippen molar-refractivity contribution in [2.75, 3.05) is 6.26 Å². The largest absolute Gasteiger partial charge is 0.505 e. The van der Waals surface area contributed by atoms with Crippen molar-refractivity contribution in [3.63, 3.8) is 0 Å². The van der Waals surface area contributed by atoms with Crippen molar-refractivity contribution in [2.24, 2.45) is 7.05 Å². The number of hydrogen-bond donors (Lipinski definition) is 1. The molecule has 0 bridgehead atoms. The number of phenols is 1. The molecule has 26 heavy (non-hydrogen) atoms. The summed E-state index contributed by atoms with van der Waals surface area (Å²) in [5.74, 6) is 0.204. The number of pyridine rings is 1. The maximum atomic E-state index is 13.4. The summed E-state index contributed by atoms with van der Waals surface area (Å²) in [7, 11) is 1.97. The Labute approximate surface area is 155 Å². The zero-order chi connectivity index (χ0) is 18.4. The number of hydrogen-bond acceptors (Lipinski definition) is 5. The first kappa shape index (κ1) is 16.7. The number of aryl methyl sites for hydroxylation is 1. The third-order valence-corrected chi connectivity index (χ3v) is 5.67. The minimum Gasteiger partial charge on any atom is -0.505 e. The summed E-state index contributed by atoms with van der Waals surface area (Å²) in [5, 5.41) is 20.3. The fraction of sp³-hybridized carbons (Fsp3) is 0.250. The molecule has 2 heterocycles. The van der Waals surface area contributed by atoms with E-state index in [9.17, 15) is 15.2 Å². The summed E-state index contributed by atoms with van der Waals surface area (Å²) in [6.07, 6.45) is 7.44. The predicted octanol–water partition coefficient (Wildman–Crippen LogP) is 3.98. The molecule has 6 heteroatoms. The molecule has 1 saturated carbocycles. The van der Waals surface area contributed by atoms with E-state index in [1.807, 2.05) is 25.4 Å². The highest BCUT2D eigenvalue weighted by Crippen LogP contribution is 2.45. The standard InChI is InChI=1S/C20H17N3O2S/c1-23-15-10-22-6-5-14(15)17(18(23)11-3-4-11)20(25)12-7-13(9-21)19(24)16(8-12)26-2/h5-8,10-11,24H,3-4H2,1-2H3. The lowest BCUT2D eigenvalue weighted by Gasteiger charge is -2.09. The van der Waals surface area contributed by atoms with Crippen LogP contribution in [0.4, 0.5) is 0 Å². The Kier molecular flexibility index (Phi) is 3.97. The number of aromatic hydroxyl groups is 1. The van der Waals surface area contributed by atoms with Crippen molar-refractivity contribution in [1.82, 2.24) is 9.55 Å². The SMILES string of the molecule is CSc1cc(C(=O)c2c(C3CC3)n(C)c3cnccc23)cc(C#N)c1O. The third kappa shape index (κ3) is 2.47. The molecule has 1 aliphatic rings. The van der Waals surface area contributed by atoms with Crippen LogP contribution in [0.15, 0.2) is 35.5 Å². The second kappa shape index (κ2) is 6.19. The molecule has 5 nitrogen and oxygen atoms in total. The van der Waals surface area contributed by atoms with Gasteiger partial charge in [-0.1, -0.05) is 0 Å². The van der Waals surface area contributed by atoms with E-state index in [1.165, 1.54) is 17.8 Å². The van der Waals surface area contributed by atoms with Crippen molar-refractivity contribution in [3.05, 3.63) is 53.0 Å². The molecule has 1 aromatic carbocycles. The Balaban J connectivity index is 1.96. The number of carbonyl (C=O) groups is 1. The van der Waals surface area contributed by atoms with E-state index in [0.29, 0.717) is 21.9 Å². The van der Waals surface area contributed by atoms with Gasteiger partial charge in [0.05, 0.1) is 27.7 Å². The first-order valence-corrected chi connectivity index (χ1v) is 9.57. The average molecular weight is 363 g/mol. The molecule has 0 aliphatic heterocycles. The summed E-state index contributed by atoms with van der Waals surface area (Å²) in [6, 6.07) is 7.00. The highest BCUT2D eigenvalue weighted by atomic mass is 32.2. The number of benzene rings is 1. The van der Waals surface area contributed by atoms with Gasteiger partial charge in [0.25, 0.3) is 0 Å². The van der Waals surface area contributed by atoms with Crippen LogP contribution in [0.1, 0.15) is 45.9 Å². The number of carbonyl (C=O) groups excluding carboxylic acids is 1. The fourth-order valence-electron chi connectivity index (χ4n) is 3.50. The zero-order valence-electron chi connectivity index (χ0n) is 14.5. The number of fused-ring (bicyclic) bond motifs is 1. The average Bonchev–Trinajstić information content (AvgIpc) is 3.46. The Morgan fingerprint density at radius 2 is 2.19 bits per heavy atom. The van der Waals surface area contributed by atoms with Crippen LogP contribution in [0, 0.1) is 11.3 Å². The summed E-state index contributed by atoms with van der Waals surface area (Å²) >= 11 is 1.31. The molecule has 1 N–H and O–H groups in total. The first-order valence-electron chi connectivity index (χ1n) is 8.35. The van der Waals surface area contributed by atoms with Gasteiger partial charge in [0, 0.05) is 35.8 Å². The van der Waals surface area contributed by atoms with Crippen molar-refractivity contribution in [2.45, 2.75) is 23.7 Å². The van der Waals surface area contributed by atoms with Crippen LogP contribution < -0.4 is 0 Å². The lowest BCUT2D eigenvalue weighted by molar-refractivity contribution is 0.103. The molecule has 0 atom stereocenters. The molecule has 1 aliphatic carbocycles. The van der Waals surface area contributed by atoms with Gasteiger partial charge in [0.15, 0.2) is 5.78 Å². The quantitative estimate of drug-likeness (QED) is 0.560. The van der Waals surface area contributed by atoms with Gasteiger partial charge < -0.3 is 9.67 Å². The van der Waals surface area contributed by atoms with E-state index >= 15 is 0 Å². The number of phenolic OH excluding ortho intramolecular Hbond substituents is 1. The van der Waals surface area contributed by atoms with Crippen LogP contribution >= 0.6 is 11.8 Å². The maximum absolute atomic E-state index is 13.4. The van der Waals surface area contributed by atoms with E-state index < -0.39 is 0 Å². The number of aromatic nitrogens is 2. The van der Waals surface area contributed by atoms with Crippen LogP contribution in [0.3, 0.4) is 0 Å². The first-order chi connectivity index (χ1) is 12.6. The van der Waals surface area contributed by atoms with Gasteiger partial charge in [-0.15, -0.1) is 11.8 Å². The van der Waals surface area contributed by atoms with Crippen molar-refractivity contribution in [1.29, 1.82) is 5.26 Å². The lowest BCUT2D eigenvalue weighted by atomic mass is 9.97. The number of thioether (sulfide) groups is 1. The highest BCUT2D eigenvalue weighted by molar-refractivity contribution is 7.98. The van der Waals surface area contributed by atoms with E-state index in [-0.39, 0.29) is 17.1 Å². The molecule has 0 unspecified atom stereocenters. The molecular formula is C20H17N3O2S. The number of ketones is 1. The Morgan fingerprint density at radius 1 is 1.42 bits per heavy atom. The normalized spacial score (nSPS) is 13.7. The van der Waals surface area contributed by atoms with E-state index in [0.717, 1.165) is 29.4 Å². The molecular weight excluding hydrogens is 346 g/mol. The summed E-state index contributed by atoms with van der Waals surface area (Å²) in [5.41, 5.74) is 3.21. The molecule has 0 saturated heterocycles. The van der Waals surface area contributed by atoms with Gasteiger partial charge in [-0.3, -0.25) is 9.78 Å². The van der Waals surface area contributed by atoms with Crippen LogP contribution in [-0.2, 0) is 7.05 Å². The second-order valence-electron chi connectivity index (χ2n) is 6.50. The molecule has 0 amide bonds. The third-order valence-electron chi connectivity index (χ3n) is 4.92. The predicted molar refractivity (Wildman–Crippen MR) is 101 cm³/mol. The Hall–Kier alpha value is -2.78. The highest BCUT2D eigenvalue weighted by Gasteiger charge is 2.33. The minimum absolute atomic E-state index is 0.0684. The number of nitriles is 1. The molecule has 0 spiro atoms. The Bertz CT molecular complexity index is 1090. The van der Waals surface area contributed by atoms with E-state index in [1.54, 1.807) is 18.5 Å². The van der Waals surface area contributed by atoms with Gasteiger partial charge in [0.1, 0.15) is 11.8 Å². The topological polar surface area (TPSA) is 78.9 Å². The van der Waals surface area contributed by atoms with Crippen molar-refractivity contribution in [3.8, 4) is 11.8 Å². The van der Waals surface area contributed by atoms with Crippen molar-refractivity contribution < 1.29 is 9.90 Å². The van der Waals surface area contributed by atoms with Gasteiger partial charge >= 0.3 is 0 Å². The molecule has 2 aromatic heterocycles. The molecule has 3 aromatic rings. The second-order valence-corrected chi connectivity index (χ2v) is 7.35. The molecule has 1 fully saturated rings. The summed E-state index contributed by atoms with van der Waals surface area (Å²) in [6.45, 7) is 0. The number of rotatable bonds is 4. The minimum atomic E-state index is -0.115. The Morgan fingerprint density at radius 3 is 2.85 bits per heavy atom.